The maximum Gasteiger partial charge on any atom is 0.279 e. The topological polar surface area (TPSA) is 137 Å². The van der Waals surface area contributed by atoms with Crippen molar-refractivity contribution in [1.29, 1.82) is 0 Å². The van der Waals surface area contributed by atoms with E-state index >= 15 is 0 Å². The minimum absolute atomic E-state index is 0.00261. The lowest BCUT2D eigenvalue weighted by Crippen LogP contribution is -2.71. The number of hydrogen-bond acceptors (Lipinski definition) is 5. The highest BCUT2D eigenvalue weighted by Gasteiger charge is 2.35. The first-order valence-electron chi connectivity index (χ1n) is 9.13. The number of carboxylic acids is 1. The second-order valence-electron chi connectivity index (χ2n) is 7.29. The SMILES string of the molecule is CC(C)[C@H]([NH3+])C(=O)N[C@@H](Cc1ccc(O)cc1)C(=O)N1CCC[C@H]1C(=O)[O-]. The second-order valence-corrected chi connectivity index (χ2v) is 7.29. The molecule has 1 aliphatic rings. The number of carboxylic acid groups (broad SMARTS) is 1. The molecule has 1 saturated heterocycles. The molecule has 1 aromatic rings. The molecule has 1 fully saturated rings. The summed E-state index contributed by atoms with van der Waals surface area (Å²) in [5.41, 5.74) is 4.57. The van der Waals surface area contributed by atoms with Crippen LogP contribution in [0.5, 0.6) is 5.75 Å². The average molecular weight is 377 g/mol. The molecule has 5 N–H and O–H groups in total. The third-order valence-corrected chi connectivity index (χ3v) is 4.94. The molecule has 1 aromatic carbocycles. The van der Waals surface area contributed by atoms with Crippen LogP contribution in [0, 0.1) is 5.92 Å². The lowest BCUT2D eigenvalue weighted by molar-refractivity contribution is -0.414. The Morgan fingerprint density at radius 3 is 2.48 bits per heavy atom. The zero-order chi connectivity index (χ0) is 20.1. The van der Waals surface area contributed by atoms with Gasteiger partial charge in [0.05, 0.1) is 12.0 Å². The number of likely N-dealkylation sites (tertiary alicyclic amines) is 1. The largest absolute Gasteiger partial charge is 0.548 e. The van der Waals surface area contributed by atoms with E-state index in [1.807, 2.05) is 13.8 Å². The average Bonchev–Trinajstić information content (AvgIpc) is 3.11. The number of hydrogen-bond donors (Lipinski definition) is 3. The molecule has 148 valence electrons. The van der Waals surface area contributed by atoms with E-state index < -0.39 is 30.0 Å². The van der Waals surface area contributed by atoms with Gasteiger partial charge in [-0.2, -0.15) is 0 Å². The molecule has 2 rings (SSSR count). The Hall–Kier alpha value is -2.61. The molecular formula is C19H27N3O5. The van der Waals surface area contributed by atoms with Crippen LogP contribution in [-0.4, -0.2) is 52.5 Å². The zero-order valence-electron chi connectivity index (χ0n) is 15.7. The second kappa shape index (κ2) is 8.85. The van der Waals surface area contributed by atoms with Gasteiger partial charge in [-0.1, -0.05) is 26.0 Å². The van der Waals surface area contributed by atoms with Crippen LogP contribution in [0.3, 0.4) is 0 Å². The molecule has 1 aliphatic heterocycles. The van der Waals surface area contributed by atoms with Crippen LogP contribution in [0.25, 0.3) is 0 Å². The van der Waals surface area contributed by atoms with Gasteiger partial charge in [0.1, 0.15) is 11.8 Å². The number of aromatic hydroxyl groups is 1. The fourth-order valence-electron chi connectivity index (χ4n) is 3.13. The fourth-order valence-corrected chi connectivity index (χ4v) is 3.13. The van der Waals surface area contributed by atoms with Gasteiger partial charge in [-0.15, -0.1) is 0 Å². The molecule has 8 nitrogen and oxygen atoms in total. The first kappa shape index (κ1) is 20.7. The lowest BCUT2D eigenvalue weighted by atomic mass is 10.0. The van der Waals surface area contributed by atoms with E-state index in [9.17, 15) is 24.6 Å². The maximum atomic E-state index is 13.0. The highest BCUT2D eigenvalue weighted by Crippen LogP contribution is 2.20. The van der Waals surface area contributed by atoms with Crippen LogP contribution in [0.4, 0.5) is 0 Å². The summed E-state index contributed by atoms with van der Waals surface area (Å²) >= 11 is 0. The van der Waals surface area contributed by atoms with Crippen LogP contribution in [0.15, 0.2) is 24.3 Å². The highest BCUT2D eigenvalue weighted by atomic mass is 16.4. The summed E-state index contributed by atoms with van der Waals surface area (Å²) in [6.07, 6.45) is 1.11. The van der Waals surface area contributed by atoms with E-state index in [-0.39, 0.29) is 24.0 Å². The van der Waals surface area contributed by atoms with E-state index in [4.69, 9.17) is 0 Å². The van der Waals surface area contributed by atoms with Crippen molar-refractivity contribution in [1.82, 2.24) is 10.2 Å². The van der Waals surface area contributed by atoms with Crippen molar-refractivity contribution < 1.29 is 30.3 Å². The summed E-state index contributed by atoms with van der Waals surface area (Å²) in [6, 6.07) is 3.89. The number of carbonyl (C=O) groups excluding carboxylic acids is 3. The van der Waals surface area contributed by atoms with Crippen LogP contribution in [0.1, 0.15) is 32.3 Å². The van der Waals surface area contributed by atoms with Crippen molar-refractivity contribution in [2.45, 2.75) is 51.2 Å². The summed E-state index contributed by atoms with van der Waals surface area (Å²) in [5, 5.41) is 23.5. The summed E-state index contributed by atoms with van der Waals surface area (Å²) in [4.78, 5) is 38.1. The van der Waals surface area contributed by atoms with E-state index in [0.29, 0.717) is 19.4 Å². The van der Waals surface area contributed by atoms with Gasteiger partial charge in [-0.3, -0.25) is 9.59 Å². The summed E-state index contributed by atoms with van der Waals surface area (Å²) in [5.74, 6) is -1.99. The molecular weight excluding hydrogens is 350 g/mol. The molecule has 0 bridgehead atoms. The Morgan fingerprint density at radius 2 is 1.93 bits per heavy atom. The molecule has 0 saturated carbocycles. The highest BCUT2D eigenvalue weighted by molar-refractivity contribution is 5.91. The number of amides is 2. The molecule has 0 aromatic heterocycles. The number of aliphatic carboxylic acids is 1. The van der Waals surface area contributed by atoms with Crippen LogP contribution >= 0.6 is 0 Å². The number of phenolic OH excluding ortho intramolecular Hbond substituents is 1. The number of nitrogens with zero attached hydrogens (tertiary/aromatic N) is 1. The van der Waals surface area contributed by atoms with Crippen molar-refractivity contribution in [2.24, 2.45) is 5.92 Å². The Balaban J connectivity index is 2.22. The minimum Gasteiger partial charge on any atom is -0.548 e. The van der Waals surface area contributed by atoms with Crippen LogP contribution < -0.4 is 16.2 Å². The Morgan fingerprint density at radius 1 is 1.30 bits per heavy atom. The summed E-state index contributed by atoms with van der Waals surface area (Å²) < 4.78 is 0. The van der Waals surface area contributed by atoms with Crippen molar-refractivity contribution in [3.8, 4) is 5.75 Å². The molecule has 8 heteroatoms. The molecule has 0 radical (unpaired) electrons. The van der Waals surface area contributed by atoms with Gasteiger partial charge in [-0.25, -0.2) is 0 Å². The van der Waals surface area contributed by atoms with Gasteiger partial charge in [0.2, 0.25) is 5.91 Å². The first-order chi connectivity index (χ1) is 12.7. The van der Waals surface area contributed by atoms with E-state index in [1.165, 1.54) is 17.0 Å². The van der Waals surface area contributed by atoms with Gasteiger partial charge in [0, 0.05) is 18.9 Å². The lowest BCUT2D eigenvalue weighted by Gasteiger charge is -2.30. The quantitative estimate of drug-likeness (QED) is 0.527. The van der Waals surface area contributed by atoms with Crippen LogP contribution in [-0.2, 0) is 20.8 Å². The molecule has 1 heterocycles. The Labute approximate surface area is 158 Å². The number of carbonyl (C=O) groups is 3. The Kier molecular flexibility index (Phi) is 6.79. The van der Waals surface area contributed by atoms with Gasteiger partial charge >= 0.3 is 0 Å². The monoisotopic (exact) mass is 377 g/mol. The fraction of sp³-hybridized carbons (Fsp3) is 0.526. The summed E-state index contributed by atoms with van der Waals surface area (Å²) in [6.45, 7) is 4.04. The molecule has 0 spiro atoms. The molecule has 3 atom stereocenters. The number of benzene rings is 1. The first-order valence-corrected chi connectivity index (χ1v) is 9.13. The smallest absolute Gasteiger partial charge is 0.279 e. The number of nitrogens with one attached hydrogen (secondary N) is 1. The van der Waals surface area contributed by atoms with Crippen molar-refractivity contribution in [3.63, 3.8) is 0 Å². The zero-order valence-corrected chi connectivity index (χ0v) is 15.7. The van der Waals surface area contributed by atoms with Gasteiger partial charge in [0.25, 0.3) is 5.91 Å². The number of phenols is 1. The van der Waals surface area contributed by atoms with Gasteiger partial charge in [-0.05, 0) is 30.5 Å². The minimum atomic E-state index is -1.28. The molecule has 0 unspecified atom stereocenters. The third kappa shape index (κ3) is 5.19. The van der Waals surface area contributed by atoms with Crippen molar-refractivity contribution >= 4 is 17.8 Å². The Bertz CT molecular complexity index is 689. The number of quaternary nitrogens is 1. The van der Waals surface area contributed by atoms with Crippen molar-refractivity contribution in [2.75, 3.05) is 6.54 Å². The molecule has 2 amide bonds. The third-order valence-electron chi connectivity index (χ3n) is 4.94. The number of rotatable bonds is 7. The predicted octanol–water partition coefficient (Wildman–Crippen LogP) is -1.57. The van der Waals surface area contributed by atoms with E-state index in [2.05, 4.69) is 11.1 Å². The van der Waals surface area contributed by atoms with Crippen LogP contribution in [0.2, 0.25) is 0 Å². The normalized spacial score (nSPS) is 19.0. The van der Waals surface area contributed by atoms with Gasteiger partial charge < -0.3 is 31.0 Å². The van der Waals surface area contributed by atoms with Gasteiger partial charge in [0.15, 0.2) is 6.04 Å². The van der Waals surface area contributed by atoms with E-state index in [1.54, 1.807) is 12.1 Å². The molecule has 0 aliphatic carbocycles. The predicted molar refractivity (Wildman–Crippen MR) is 95.0 cm³/mol. The van der Waals surface area contributed by atoms with Crippen molar-refractivity contribution in [3.05, 3.63) is 29.8 Å². The van der Waals surface area contributed by atoms with E-state index in [0.717, 1.165) is 5.56 Å². The molecule has 27 heavy (non-hydrogen) atoms. The summed E-state index contributed by atoms with van der Waals surface area (Å²) in [7, 11) is 0. The standard InChI is InChI=1S/C19H27N3O5/c1-11(2)16(20)17(24)21-14(10-12-5-7-13(23)8-6-12)18(25)22-9-3-4-15(22)19(26)27/h5-8,11,14-16,23H,3-4,9-10,20H2,1-2H3,(H,21,24)(H,26,27)/t14-,15-,16-/m0/s1. The maximum absolute atomic E-state index is 13.0.